The number of aryl methyl sites for hydroxylation is 1. The van der Waals surface area contributed by atoms with E-state index in [1.165, 1.54) is 0 Å². The fraction of sp³-hybridized carbons (Fsp3) is 0.667. The molecule has 0 saturated heterocycles. The topological polar surface area (TPSA) is 72.9 Å². The molecule has 96 valence electrons. The summed E-state index contributed by atoms with van der Waals surface area (Å²) in [7, 11) is 1.87. The Morgan fingerprint density at radius 2 is 2.24 bits per heavy atom. The third-order valence-electron chi connectivity index (χ3n) is 2.66. The molecule has 0 aliphatic rings. The highest BCUT2D eigenvalue weighted by Crippen LogP contribution is 2.16. The second-order valence-corrected chi connectivity index (χ2v) is 5.37. The Balaban J connectivity index is 2.34. The molecule has 0 bridgehead atoms. The number of carbonyl (C=O) groups excluding carboxylic acids is 1. The van der Waals surface area contributed by atoms with Gasteiger partial charge in [-0.1, -0.05) is 20.8 Å². The zero-order valence-corrected chi connectivity index (χ0v) is 11.0. The lowest BCUT2D eigenvalue weighted by Crippen LogP contribution is -2.49. The van der Waals surface area contributed by atoms with Crippen molar-refractivity contribution in [3.63, 3.8) is 0 Å². The molecule has 17 heavy (non-hydrogen) atoms. The molecule has 1 unspecified atom stereocenters. The van der Waals surface area contributed by atoms with Crippen LogP contribution < -0.4 is 11.1 Å². The number of amides is 1. The van der Waals surface area contributed by atoms with Gasteiger partial charge in [0.25, 0.3) is 0 Å². The molecule has 5 heteroatoms. The molecule has 1 aromatic rings. The molecule has 1 heterocycles. The van der Waals surface area contributed by atoms with E-state index in [-0.39, 0.29) is 11.3 Å². The minimum Gasteiger partial charge on any atom is -0.354 e. The monoisotopic (exact) mass is 238 g/mol. The number of rotatable bonds is 4. The van der Waals surface area contributed by atoms with Crippen LogP contribution in [0.2, 0.25) is 0 Å². The molecular formula is C12H22N4O. The average molecular weight is 238 g/mol. The fourth-order valence-electron chi connectivity index (χ4n) is 1.41. The summed E-state index contributed by atoms with van der Waals surface area (Å²) >= 11 is 0. The summed E-state index contributed by atoms with van der Waals surface area (Å²) in [4.78, 5) is 11.7. The van der Waals surface area contributed by atoms with Gasteiger partial charge in [-0.15, -0.1) is 0 Å². The van der Waals surface area contributed by atoms with E-state index in [4.69, 9.17) is 5.73 Å². The van der Waals surface area contributed by atoms with Crippen molar-refractivity contribution in [2.45, 2.75) is 33.2 Å². The van der Waals surface area contributed by atoms with Gasteiger partial charge in [-0.05, 0) is 11.5 Å². The van der Waals surface area contributed by atoms with Crippen LogP contribution in [-0.2, 0) is 18.3 Å². The van der Waals surface area contributed by atoms with Crippen LogP contribution in [0.3, 0.4) is 0 Å². The van der Waals surface area contributed by atoms with Crippen molar-refractivity contribution in [3.8, 4) is 0 Å². The van der Waals surface area contributed by atoms with Crippen LogP contribution in [0.25, 0.3) is 0 Å². The maximum atomic E-state index is 11.7. The van der Waals surface area contributed by atoms with Crippen molar-refractivity contribution in [2.24, 2.45) is 18.2 Å². The molecule has 0 aromatic carbocycles. The Morgan fingerprint density at radius 1 is 1.59 bits per heavy atom. The van der Waals surface area contributed by atoms with Crippen molar-refractivity contribution in [2.75, 3.05) is 6.54 Å². The molecule has 1 atom stereocenters. The maximum absolute atomic E-state index is 11.7. The smallest absolute Gasteiger partial charge is 0.237 e. The molecule has 3 N–H and O–H groups in total. The van der Waals surface area contributed by atoms with Crippen molar-refractivity contribution < 1.29 is 4.79 Å². The predicted octanol–water partition coefficient (Wildman–Crippen LogP) is 0.452. The van der Waals surface area contributed by atoms with E-state index in [0.717, 1.165) is 12.1 Å². The third-order valence-corrected chi connectivity index (χ3v) is 2.66. The van der Waals surface area contributed by atoms with Crippen LogP contribution in [0.1, 0.15) is 26.5 Å². The summed E-state index contributed by atoms with van der Waals surface area (Å²) in [5, 5.41) is 7.07. The lowest BCUT2D eigenvalue weighted by Gasteiger charge is -2.25. The Bertz CT molecular complexity index is 378. The summed E-state index contributed by atoms with van der Waals surface area (Å²) in [6.45, 7) is 6.43. The number of aromatic nitrogens is 2. The summed E-state index contributed by atoms with van der Waals surface area (Å²) < 4.78 is 1.75. The Kier molecular flexibility index (Phi) is 4.28. The first kappa shape index (κ1) is 13.7. The Hall–Kier alpha value is -1.36. The first-order chi connectivity index (χ1) is 7.80. The zero-order chi connectivity index (χ0) is 13.1. The van der Waals surface area contributed by atoms with E-state index in [9.17, 15) is 4.79 Å². The molecule has 0 aliphatic heterocycles. The standard InChI is InChI=1S/C12H22N4O/c1-12(2,3)10(13)11(17)14-7-5-9-6-8-16(4)15-9/h6,8,10H,5,7,13H2,1-4H3,(H,14,17). The van der Waals surface area contributed by atoms with Crippen LogP contribution in [0.5, 0.6) is 0 Å². The highest BCUT2D eigenvalue weighted by Gasteiger charge is 2.26. The van der Waals surface area contributed by atoms with Gasteiger partial charge in [0.05, 0.1) is 11.7 Å². The molecule has 0 radical (unpaired) electrons. The van der Waals surface area contributed by atoms with Crippen molar-refractivity contribution in [3.05, 3.63) is 18.0 Å². The van der Waals surface area contributed by atoms with E-state index < -0.39 is 6.04 Å². The van der Waals surface area contributed by atoms with Crippen LogP contribution in [0, 0.1) is 5.41 Å². The first-order valence-corrected chi connectivity index (χ1v) is 5.82. The maximum Gasteiger partial charge on any atom is 0.237 e. The van der Waals surface area contributed by atoms with E-state index in [1.54, 1.807) is 4.68 Å². The van der Waals surface area contributed by atoms with Crippen molar-refractivity contribution in [1.82, 2.24) is 15.1 Å². The number of hydrogen-bond acceptors (Lipinski definition) is 3. The third kappa shape index (κ3) is 4.19. The normalized spacial score (nSPS) is 13.5. The molecular weight excluding hydrogens is 216 g/mol. The lowest BCUT2D eigenvalue weighted by molar-refractivity contribution is -0.124. The minimum atomic E-state index is -0.480. The van der Waals surface area contributed by atoms with Gasteiger partial charge in [0.2, 0.25) is 5.91 Å². The fourth-order valence-corrected chi connectivity index (χ4v) is 1.41. The van der Waals surface area contributed by atoms with Gasteiger partial charge >= 0.3 is 0 Å². The van der Waals surface area contributed by atoms with E-state index in [1.807, 2.05) is 40.1 Å². The van der Waals surface area contributed by atoms with Crippen LogP contribution in [0.15, 0.2) is 12.3 Å². The summed E-state index contributed by atoms with van der Waals surface area (Å²) in [5.41, 5.74) is 6.60. The molecule has 5 nitrogen and oxygen atoms in total. The second-order valence-electron chi connectivity index (χ2n) is 5.37. The average Bonchev–Trinajstić information content (AvgIpc) is 2.61. The van der Waals surface area contributed by atoms with Gasteiger partial charge in [0, 0.05) is 26.2 Å². The summed E-state index contributed by atoms with van der Waals surface area (Å²) in [6, 6.07) is 1.46. The van der Waals surface area contributed by atoms with Gasteiger partial charge in [-0.2, -0.15) is 5.10 Å². The first-order valence-electron chi connectivity index (χ1n) is 5.82. The van der Waals surface area contributed by atoms with Crippen molar-refractivity contribution in [1.29, 1.82) is 0 Å². The van der Waals surface area contributed by atoms with Gasteiger partial charge in [0.1, 0.15) is 0 Å². The number of nitrogens with one attached hydrogen (secondary N) is 1. The SMILES string of the molecule is Cn1ccc(CCNC(=O)C(N)C(C)(C)C)n1. The van der Waals surface area contributed by atoms with E-state index in [0.29, 0.717) is 6.54 Å². The number of hydrogen-bond donors (Lipinski definition) is 2. The van der Waals surface area contributed by atoms with Gasteiger partial charge in [-0.3, -0.25) is 9.48 Å². The molecule has 0 aliphatic carbocycles. The predicted molar refractivity (Wildman–Crippen MR) is 67.4 cm³/mol. The van der Waals surface area contributed by atoms with Gasteiger partial charge < -0.3 is 11.1 Å². The molecule has 0 spiro atoms. The van der Waals surface area contributed by atoms with Crippen molar-refractivity contribution >= 4 is 5.91 Å². The quantitative estimate of drug-likeness (QED) is 0.800. The Morgan fingerprint density at radius 3 is 2.71 bits per heavy atom. The summed E-state index contributed by atoms with van der Waals surface area (Å²) in [6.07, 6.45) is 2.61. The highest BCUT2D eigenvalue weighted by atomic mass is 16.2. The van der Waals surface area contributed by atoms with E-state index >= 15 is 0 Å². The number of carbonyl (C=O) groups is 1. The molecule has 1 amide bonds. The molecule has 1 rings (SSSR count). The zero-order valence-electron chi connectivity index (χ0n) is 11.0. The number of nitrogens with two attached hydrogens (primary N) is 1. The molecule has 0 saturated carbocycles. The summed E-state index contributed by atoms with van der Waals surface area (Å²) in [5.74, 6) is -0.103. The second kappa shape index (κ2) is 5.31. The lowest BCUT2D eigenvalue weighted by atomic mass is 9.87. The minimum absolute atomic E-state index is 0.103. The number of nitrogens with zero attached hydrogens (tertiary/aromatic N) is 2. The van der Waals surface area contributed by atoms with Gasteiger partial charge in [0.15, 0.2) is 0 Å². The highest BCUT2D eigenvalue weighted by molar-refractivity contribution is 5.82. The van der Waals surface area contributed by atoms with Gasteiger partial charge in [-0.25, -0.2) is 0 Å². The van der Waals surface area contributed by atoms with Crippen LogP contribution in [-0.4, -0.2) is 28.3 Å². The molecule has 1 aromatic heterocycles. The van der Waals surface area contributed by atoms with E-state index in [2.05, 4.69) is 10.4 Å². The molecule has 0 fully saturated rings. The Labute approximate surface area is 102 Å². The largest absolute Gasteiger partial charge is 0.354 e. The van der Waals surface area contributed by atoms with Crippen LogP contribution in [0.4, 0.5) is 0 Å². The van der Waals surface area contributed by atoms with Crippen LogP contribution >= 0.6 is 0 Å².